The van der Waals surface area contributed by atoms with E-state index in [0.29, 0.717) is 0 Å². The molecular weight excluding hydrogens is 268 g/mol. The van der Waals surface area contributed by atoms with Crippen molar-refractivity contribution >= 4 is 16.3 Å². The topological polar surface area (TPSA) is 43.1 Å². The number of nitrogens with zero attached hydrogens (tertiary/aromatic N) is 4. The molecule has 5 heteroatoms. The molecule has 2 heterocycles. The van der Waals surface area contributed by atoms with Gasteiger partial charge in [-0.1, -0.05) is 55.0 Å². The monoisotopic (exact) mass is 286 g/mol. The van der Waals surface area contributed by atoms with Crippen LogP contribution in [0.15, 0.2) is 30.3 Å². The van der Waals surface area contributed by atoms with Gasteiger partial charge in [-0.3, -0.25) is 0 Å². The summed E-state index contributed by atoms with van der Waals surface area (Å²) in [6.07, 6.45) is 5.25. The maximum absolute atomic E-state index is 4.65. The summed E-state index contributed by atoms with van der Waals surface area (Å²) < 4.78 is 1.92. The lowest BCUT2D eigenvalue weighted by atomic mass is 10.1. The van der Waals surface area contributed by atoms with Gasteiger partial charge in [0.25, 0.3) is 0 Å². The number of unbranched alkanes of at least 4 members (excludes halogenated alkanes) is 1. The van der Waals surface area contributed by atoms with Crippen LogP contribution in [0.2, 0.25) is 0 Å². The van der Waals surface area contributed by atoms with Crippen molar-refractivity contribution in [1.82, 2.24) is 19.8 Å². The maximum Gasteiger partial charge on any atom is 0.234 e. The summed E-state index contributed by atoms with van der Waals surface area (Å²) in [6.45, 7) is 2.19. The average molecular weight is 286 g/mol. The zero-order chi connectivity index (χ0) is 13.8. The summed E-state index contributed by atoms with van der Waals surface area (Å²) >= 11 is 1.65. The van der Waals surface area contributed by atoms with Gasteiger partial charge in [-0.25, -0.2) is 0 Å². The Hall–Kier alpha value is -1.75. The van der Waals surface area contributed by atoms with Crippen LogP contribution >= 0.6 is 11.3 Å². The Balaban J connectivity index is 1.71. The summed E-state index contributed by atoms with van der Waals surface area (Å²) in [4.78, 5) is 0.916. The molecule has 0 saturated carbocycles. The standard InChI is InChI=1S/C15H18N4S/c1-2-3-9-13-16-17-15-19(13)18-14(20-15)11-10-12-7-5-4-6-8-12/h4-8H,2-3,9-11H2,1H3. The fraction of sp³-hybridized carbons (Fsp3) is 0.400. The van der Waals surface area contributed by atoms with E-state index in [1.54, 1.807) is 11.3 Å². The first-order valence-corrected chi connectivity index (χ1v) is 7.92. The van der Waals surface area contributed by atoms with Crippen molar-refractivity contribution in [3.05, 3.63) is 46.7 Å². The predicted octanol–water partition coefficient (Wildman–Crippen LogP) is 3.31. The summed E-state index contributed by atoms with van der Waals surface area (Å²) in [5.41, 5.74) is 1.35. The molecule has 0 fully saturated rings. The second-order valence-corrected chi connectivity index (χ2v) is 5.94. The third kappa shape index (κ3) is 2.88. The van der Waals surface area contributed by atoms with Gasteiger partial charge in [0.15, 0.2) is 5.82 Å². The molecule has 0 aliphatic heterocycles. The minimum absolute atomic E-state index is 0.916. The van der Waals surface area contributed by atoms with Crippen molar-refractivity contribution in [2.75, 3.05) is 0 Å². The van der Waals surface area contributed by atoms with Gasteiger partial charge in [0.05, 0.1) is 0 Å². The van der Waals surface area contributed by atoms with Crippen LogP contribution in [0.1, 0.15) is 36.2 Å². The van der Waals surface area contributed by atoms with Gasteiger partial charge < -0.3 is 0 Å². The van der Waals surface area contributed by atoms with E-state index in [4.69, 9.17) is 0 Å². The van der Waals surface area contributed by atoms with Crippen LogP contribution in [0.3, 0.4) is 0 Å². The number of fused-ring (bicyclic) bond motifs is 1. The van der Waals surface area contributed by atoms with Crippen molar-refractivity contribution in [2.45, 2.75) is 39.0 Å². The molecule has 0 aliphatic rings. The lowest BCUT2D eigenvalue weighted by molar-refractivity contribution is 0.715. The van der Waals surface area contributed by atoms with Crippen LogP contribution in [-0.2, 0) is 19.3 Å². The van der Waals surface area contributed by atoms with Gasteiger partial charge in [0, 0.05) is 12.8 Å². The third-order valence-corrected chi connectivity index (χ3v) is 4.28. The molecule has 0 spiro atoms. The fourth-order valence-electron chi connectivity index (χ4n) is 2.18. The first kappa shape index (κ1) is 13.2. The molecule has 0 radical (unpaired) electrons. The molecule has 1 aromatic carbocycles. The van der Waals surface area contributed by atoms with Crippen LogP contribution in [0, 0.1) is 0 Å². The Bertz CT molecular complexity index is 672. The number of aromatic nitrogens is 4. The summed E-state index contributed by atoms with van der Waals surface area (Å²) in [5.74, 6) is 0.990. The van der Waals surface area contributed by atoms with E-state index in [2.05, 4.69) is 46.5 Å². The van der Waals surface area contributed by atoms with E-state index in [1.807, 2.05) is 10.6 Å². The summed E-state index contributed by atoms with van der Waals surface area (Å²) in [5, 5.41) is 14.2. The average Bonchev–Trinajstić information content (AvgIpc) is 3.04. The molecule has 2 aromatic heterocycles. The maximum atomic E-state index is 4.65. The Morgan fingerprint density at radius 2 is 1.90 bits per heavy atom. The van der Waals surface area contributed by atoms with Gasteiger partial charge in [0.1, 0.15) is 5.01 Å². The normalized spacial score (nSPS) is 11.2. The van der Waals surface area contributed by atoms with E-state index < -0.39 is 0 Å². The number of hydrogen-bond donors (Lipinski definition) is 0. The molecule has 0 atom stereocenters. The molecule has 4 nitrogen and oxygen atoms in total. The zero-order valence-electron chi connectivity index (χ0n) is 11.6. The predicted molar refractivity (Wildman–Crippen MR) is 81.1 cm³/mol. The molecule has 0 aliphatic carbocycles. The second-order valence-electron chi connectivity index (χ2n) is 4.90. The van der Waals surface area contributed by atoms with E-state index in [1.165, 1.54) is 12.0 Å². The Morgan fingerprint density at radius 3 is 2.70 bits per heavy atom. The zero-order valence-corrected chi connectivity index (χ0v) is 12.4. The van der Waals surface area contributed by atoms with E-state index in [9.17, 15) is 0 Å². The quantitative estimate of drug-likeness (QED) is 0.698. The lowest BCUT2D eigenvalue weighted by Gasteiger charge is -1.97. The Morgan fingerprint density at radius 1 is 1.05 bits per heavy atom. The molecule has 3 aromatic rings. The highest BCUT2D eigenvalue weighted by molar-refractivity contribution is 7.16. The Labute approximate surface area is 122 Å². The first-order chi connectivity index (χ1) is 9.86. The van der Waals surface area contributed by atoms with Crippen LogP contribution in [0.5, 0.6) is 0 Å². The summed E-state index contributed by atoms with van der Waals surface area (Å²) in [6, 6.07) is 10.5. The van der Waals surface area contributed by atoms with Gasteiger partial charge >= 0.3 is 0 Å². The van der Waals surface area contributed by atoms with Crippen molar-refractivity contribution < 1.29 is 0 Å². The molecule has 0 N–H and O–H groups in total. The highest BCUT2D eigenvalue weighted by atomic mass is 32.1. The van der Waals surface area contributed by atoms with Gasteiger partial charge in [0.2, 0.25) is 4.96 Å². The number of rotatable bonds is 6. The van der Waals surface area contributed by atoms with Crippen LogP contribution in [0.25, 0.3) is 4.96 Å². The molecule has 20 heavy (non-hydrogen) atoms. The van der Waals surface area contributed by atoms with Crippen molar-refractivity contribution in [3.63, 3.8) is 0 Å². The van der Waals surface area contributed by atoms with E-state index in [0.717, 1.165) is 41.5 Å². The minimum atomic E-state index is 0.916. The molecule has 0 unspecified atom stereocenters. The van der Waals surface area contributed by atoms with Crippen molar-refractivity contribution in [2.24, 2.45) is 0 Å². The van der Waals surface area contributed by atoms with E-state index in [-0.39, 0.29) is 0 Å². The van der Waals surface area contributed by atoms with Gasteiger partial charge in [-0.15, -0.1) is 10.2 Å². The highest BCUT2D eigenvalue weighted by Gasteiger charge is 2.11. The first-order valence-electron chi connectivity index (χ1n) is 7.10. The smallest absolute Gasteiger partial charge is 0.187 e. The lowest BCUT2D eigenvalue weighted by Crippen LogP contribution is -1.98. The molecule has 3 rings (SSSR count). The number of benzene rings is 1. The largest absolute Gasteiger partial charge is 0.234 e. The van der Waals surface area contributed by atoms with Crippen molar-refractivity contribution in [3.8, 4) is 0 Å². The molecule has 0 saturated heterocycles. The van der Waals surface area contributed by atoms with Crippen LogP contribution in [0.4, 0.5) is 0 Å². The third-order valence-electron chi connectivity index (χ3n) is 3.32. The second kappa shape index (κ2) is 6.13. The minimum Gasteiger partial charge on any atom is -0.187 e. The van der Waals surface area contributed by atoms with Crippen LogP contribution < -0.4 is 0 Å². The van der Waals surface area contributed by atoms with Gasteiger partial charge in [-0.2, -0.15) is 9.61 Å². The Kier molecular flexibility index (Phi) is 4.06. The van der Waals surface area contributed by atoms with Crippen LogP contribution in [-0.4, -0.2) is 19.8 Å². The summed E-state index contributed by atoms with van der Waals surface area (Å²) in [7, 11) is 0. The SMILES string of the molecule is CCCCc1nnc2sc(CCc3ccccc3)nn12. The molecule has 0 amide bonds. The highest BCUT2D eigenvalue weighted by Crippen LogP contribution is 2.17. The molecular formula is C15H18N4S. The number of hydrogen-bond acceptors (Lipinski definition) is 4. The van der Waals surface area contributed by atoms with E-state index >= 15 is 0 Å². The van der Waals surface area contributed by atoms with Crippen molar-refractivity contribution in [1.29, 1.82) is 0 Å². The molecule has 0 bridgehead atoms. The van der Waals surface area contributed by atoms with Gasteiger partial charge in [-0.05, 0) is 18.4 Å². The fourth-order valence-corrected chi connectivity index (χ4v) is 3.04. The molecule has 104 valence electrons. The number of aryl methyl sites for hydroxylation is 3.